The van der Waals surface area contributed by atoms with E-state index in [-0.39, 0.29) is 5.92 Å². The Hall–Kier alpha value is -1.61. The molecule has 0 spiro atoms. The summed E-state index contributed by atoms with van der Waals surface area (Å²) in [5.41, 5.74) is 1.74. The van der Waals surface area contributed by atoms with E-state index in [2.05, 4.69) is 17.9 Å². The molecule has 1 aromatic heterocycles. The standard InChI is InChI=1S/C19H23NO2/c1-13-3-2-9-20(13)10-8-17-12-16-11-15(6-7-18(16)22-17)19(21)14-4-5-14/h6-7,11-14H,2-5,8-10H2,1H3/t13-/m1/s1. The fourth-order valence-corrected chi connectivity index (χ4v) is 3.53. The van der Waals surface area contributed by atoms with E-state index in [1.165, 1.54) is 19.4 Å². The predicted octanol–water partition coefficient (Wildman–Crippen LogP) is 4.05. The summed E-state index contributed by atoms with van der Waals surface area (Å²) in [6, 6.07) is 8.68. The Morgan fingerprint density at radius 3 is 2.86 bits per heavy atom. The summed E-state index contributed by atoms with van der Waals surface area (Å²) >= 11 is 0. The number of benzene rings is 1. The molecule has 1 saturated carbocycles. The molecule has 1 aromatic carbocycles. The lowest BCUT2D eigenvalue weighted by Crippen LogP contribution is -2.28. The normalized spacial score (nSPS) is 22.5. The fraction of sp³-hybridized carbons (Fsp3) is 0.526. The molecular formula is C19H23NO2. The molecular weight excluding hydrogens is 274 g/mol. The number of carbonyl (C=O) groups excluding carboxylic acids is 1. The Kier molecular flexibility index (Phi) is 3.53. The summed E-state index contributed by atoms with van der Waals surface area (Å²) in [5.74, 6) is 1.61. The van der Waals surface area contributed by atoms with Gasteiger partial charge in [-0.1, -0.05) is 0 Å². The van der Waals surface area contributed by atoms with Crippen LogP contribution >= 0.6 is 0 Å². The molecule has 22 heavy (non-hydrogen) atoms. The van der Waals surface area contributed by atoms with Crippen molar-refractivity contribution in [1.82, 2.24) is 4.90 Å². The number of likely N-dealkylation sites (tertiary alicyclic amines) is 1. The first-order chi connectivity index (χ1) is 10.7. The molecule has 0 amide bonds. The molecule has 4 rings (SSSR count). The molecule has 1 saturated heterocycles. The van der Waals surface area contributed by atoms with Gasteiger partial charge < -0.3 is 9.32 Å². The summed E-state index contributed by atoms with van der Waals surface area (Å²) in [6.07, 6.45) is 5.69. The van der Waals surface area contributed by atoms with Crippen LogP contribution in [-0.2, 0) is 6.42 Å². The van der Waals surface area contributed by atoms with Gasteiger partial charge in [-0.3, -0.25) is 4.79 Å². The number of furan rings is 1. The highest BCUT2D eigenvalue weighted by molar-refractivity contribution is 6.01. The van der Waals surface area contributed by atoms with Gasteiger partial charge in [0.05, 0.1) is 0 Å². The lowest BCUT2D eigenvalue weighted by Gasteiger charge is -2.19. The van der Waals surface area contributed by atoms with Crippen LogP contribution in [0.2, 0.25) is 0 Å². The van der Waals surface area contributed by atoms with Crippen molar-refractivity contribution in [3.05, 3.63) is 35.6 Å². The fourth-order valence-electron chi connectivity index (χ4n) is 3.53. The third kappa shape index (κ3) is 2.70. The zero-order valence-electron chi connectivity index (χ0n) is 13.2. The molecule has 1 aliphatic carbocycles. The van der Waals surface area contributed by atoms with Crippen LogP contribution in [0, 0.1) is 5.92 Å². The predicted molar refractivity (Wildman–Crippen MR) is 87.2 cm³/mol. The topological polar surface area (TPSA) is 33.5 Å². The van der Waals surface area contributed by atoms with Crippen LogP contribution in [0.25, 0.3) is 11.0 Å². The Bertz CT molecular complexity index is 699. The van der Waals surface area contributed by atoms with Gasteiger partial charge in [0.2, 0.25) is 0 Å². The van der Waals surface area contributed by atoms with Crippen molar-refractivity contribution in [1.29, 1.82) is 0 Å². The van der Waals surface area contributed by atoms with Gasteiger partial charge in [-0.2, -0.15) is 0 Å². The van der Waals surface area contributed by atoms with E-state index in [9.17, 15) is 4.79 Å². The second kappa shape index (κ2) is 5.54. The highest BCUT2D eigenvalue weighted by atomic mass is 16.3. The van der Waals surface area contributed by atoms with Gasteiger partial charge in [-0.15, -0.1) is 0 Å². The van der Waals surface area contributed by atoms with Gasteiger partial charge in [-0.05, 0) is 63.4 Å². The number of carbonyl (C=O) groups is 1. The molecule has 1 atom stereocenters. The highest BCUT2D eigenvalue weighted by Gasteiger charge is 2.30. The molecule has 2 fully saturated rings. The second-order valence-electron chi connectivity index (χ2n) is 6.88. The van der Waals surface area contributed by atoms with E-state index >= 15 is 0 Å². The first-order valence-electron chi connectivity index (χ1n) is 8.51. The molecule has 3 nitrogen and oxygen atoms in total. The maximum absolute atomic E-state index is 12.2. The van der Waals surface area contributed by atoms with Gasteiger partial charge in [0, 0.05) is 35.9 Å². The highest BCUT2D eigenvalue weighted by Crippen LogP contribution is 2.33. The summed E-state index contributed by atoms with van der Waals surface area (Å²) in [4.78, 5) is 14.7. The molecule has 2 heterocycles. The van der Waals surface area contributed by atoms with E-state index in [1.54, 1.807) is 0 Å². The molecule has 0 radical (unpaired) electrons. The van der Waals surface area contributed by atoms with Crippen molar-refractivity contribution >= 4 is 16.8 Å². The number of ketones is 1. The van der Waals surface area contributed by atoms with Crippen LogP contribution in [0.4, 0.5) is 0 Å². The number of hydrogen-bond acceptors (Lipinski definition) is 3. The Balaban J connectivity index is 1.49. The molecule has 2 aliphatic rings. The van der Waals surface area contributed by atoms with Crippen molar-refractivity contribution in [2.45, 2.75) is 45.1 Å². The molecule has 1 aliphatic heterocycles. The summed E-state index contributed by atoms with van der Waals surface area (Å²) < 4.78 is 5.94. The number of Topliss-reactive ketones (excluding diaryl/α,β-unsaturated/α-hetero) is 1. The zero-order chi connectivity index (χ0) is 15.1. The van der Waals surface area contributed by atoms with Crippen LogP contribution in [0.5, 0.6) is 0 Å². The molecule has 0 unspecified atom stereocenters. The summed E-state index contributed by atoms with van der Waals surface area (Å²) in [5, 5.41) is 1.07. The third-order valence-corrected chi connectivity index (χ3v) is 5.14. The number of hydrogen-bond donors (Lipinski definition) is 0. The van der Waals surface area contributed by atoms with E-state index in [4.69, 9.17) is 4.42 Å². The number of nitrogens with zero attached hydrogens (tertiary/aromatic N) is 1. The third-order valence-electron chi connectivity index (χ3n) is 5.14. The van der Waals surface area contributed by atoms with Gasteiger partial charge in [-0.25, -0.2) is 0 Å². The van der Waals surface area contributed by atoms with Crippen molar-refractivity contribution in [3.8, 4) is 0 Å². The number of rotatable bonds is 5. The Labute approximate surface area is 131 Å². The van der Waals surface area contributed by atoms with Crippen molar-refractivity contribution in [2.75, 3.05) is 13.1 Å². The first-order valence-corrected chi connectivity index (χ1v) is 8.51. The van der Waals surface area contributed by atoms with E-state index in [0.717, 1.165) is 48.1 Å². The van der Waals surface area contributed by atoms with E-state index in [0.29, 0.717) is 11.8 Å². The van der Waals surface area contributed by atoms with Crippen molar-refractivity contribution in [3.63, 3.8) is 0 Å². The minimum Gasteiger partial charge on any atom is -0.461 e. The van der Waals surface area contributed by atoms with Gasteiger partial charge >= 0.3 is 0 Å². The Morgan fingerprint density at radius 1 is 1.27 bits per heavy atom. The maximum Gasteiger partial charge on any atom is 0.165 e. The largest absolute Gasteiger partial charge is 0.461 e. The smallest absolute Gasteiger partial charge is 0.165 e. The molecule has 0 bridgehead atoms. The van der Waals surface area contributed by atoms with E-state index in [1.807, 2.05) is 18.2 Å². The summed E-state index contributed by atoms with van der Waals surface area (Å²) in [6.45, 7) is 4.58. The van der Waals surface area contributed by atoms with Crippen molar-refractivity contribution < 1.29 is 9.21 Å². The lowest BCUT2D eigenvalue weighted by molar-refractivity contribution is 0.0968. The van der Waals surface area contributed by atoms with Gasteiger partial charge in [0.15, 0.2) is 5.78 Å². The molecule has 2 aromatic rings. The molecule has 116 valence electrons. The minimum absolute atomic E-state index is 0.278. The van der Waals surface area contributed by atoms with Crippen LogP contribution in [-0.4, -0.2) is 29.8 Å². The van der Waals surface area contributed by atoms with Crippen LogP contribution in [0.15, 0.2) is 28.7 Å². The lowest BCUT2D eigenvalue weighted by atomic mass is 10.1. The average molecular weight is 297 g/mol. The number of fused-ring (bicyclic) bond motifs is 1. The first kappa shape index (κ1) is 14.0. The van der Waals surface area contributed by atoms with E-state index < -0.39 is 0 Å². The van der Waals surface area contributed by atoms with Gasteiger partial charge in [0.1, 0.15) is 11.3 Å². The van der Waals surface area contributed by atoms with Crippen LogP contribution < -0.4 is 0 Å². The summed E-state index contributed by atoms with van der Waals surface area (Å²) in [7, 11) is 0. The minimum atomic E-state index is 0.278. The molecule has 0 N–H and O–H groups in total. The second-order valence-corrected chi connectivity index (χ2v) is 6.88. The van der Waals surface area contributed by atoms with Gasteiger partial charge in [0.25, 0.3) is 0 Å². The Morgan fingerprint density at radius 2 is 2.14 bits per heavy atom. The quantitative estimate of drug-likeness (QED) is 0.781. The van der Waals surface area contributed by atoms with Crippen molar-refractivity contribution in [2.24, 2.45) is 5.92 Å². The SMILES string of the molecule is C[C@@H]1CCCN1CCc1cc2cc(C(=O)C3CC3)ccc2o1. The van der Waals surface area contributed by atoms with Crippen LogP contribution in [0.1, 0.15) is 48.7 Å². The maximum atomic E-state index is 12.2. The zero-order valence-corrected chi connectivity index (χ0v) is 13.2. The monoisotopic (exact) mass is 297 g/mol. The van der Waals surface area contributed by atoms with Crippen LogP contribution in [0.3, 0.4) is 0 Å². The molecule has 3 heteroatoms. The average Bonchev–Trinajstić information content (AvgIpc) is 3.16.